The molecular formula is C16H21ClN4O. The first-order valence-corrected chi connectivity index (χ1v) is 7.66. The van der Waals surface area contributed by atoms with E-state index in [-0.39, 0.29) is 17.9 Å². The van der Waals surface area contributed by atoms with Crippen LogP contribution in [0.15, 0.2) is 30.7 Å². The largest absolute Gasteiger partial charge is 0.340 e. The van der Waals surface area contributed by atoms with Gasteiger partial charge in [-0.05, 0) is 13.0 Å². The number of imidazole rings is 1. The topological polar surface area (TPSA) is 51.0 Å². The van der Waals surface area contributed by atoms with Gasteiger partial charge in [0.2, 0.25) is 5.91 Å². The van der Waals surface area contributed by atoms with Crippen molar-refractivity contribution in [3.8, 4) is 0 Å². The summed E-state index contributed by atoms with van der Waals surface area (Å²) in [5.74, 6) is 1.19. The molecule has 1 amide bonds. The zero-order valence-electron chi connectivity index (χ0n) is 13.3. The van der Waals surface area contributed by atoms with Crippen LogP contribution in [0.25, 0.3) is 0 Å². The van der Waals surface area contributed by atoms with Crippen molar-refractivity contribution in [3.05, 3.63) is 47.3 Å². The van der Waals surface area contributed by atoms with Crippen LogP contribution in [0.1, 0.15) is 44.1 Å². The van der Waals surface area contributed by atoms with Crippen molar-refractivity contribution in [1.82, 2.24) is 19.4 Å². The molecule has 6 heteroatoms. The highest BCUT2D eigenvalue weighted by Crippen LogP contribution is 2.20. The first kappa shape index (κ1) is 16.5. The second-order valence-corrected chi connectivity index (χ2v) is 6.03. The lowest BCUT2D eigenvalue weighted by molar-refractivity contribution is -0.133. The molecule has 5 nitrogen and oxygen atoms in total. The van der Waals surface area contributed by atoms with Gasteiger partial charge in [0, 0.05) is 43.7 Å². The predicted molar refractivity (Wildman–Crippen MR) is 86.7 cm³/mol. The van der Waals surface area contributed by atoms with Crippen LogP contribution < -0.4 is 0 Å². The van der Waals surface area contributed by atoms with Crippen LogP contribution in [0.2, 0.25) is 5.15 Å². The molecule has 0 aliphatic rings. The molecule has 0 aliphatic heterocycles. The fraction of sp³-hybridized carbons (Fsp3) is 0.438. The maximum absolute atomic E-state index is 12.6. The fourth-order valence-corrected chi connectivity index (χ4v) is 2.59. The Hall–Kier alpha value is -1.88. The maximum Gasteiger partial charge on any atom is 0.245 e. The van der Waals surface area contributed by atoms with Crippen LogP contribution in [0, 0.1) is 0 Å². The molecule has 0 fully saturated rings. The van der Waals surface area contributed by atoms with Gasteiger partial charge in [0.15, 0.2) is 0 Å². The number of hydrogen-bond acceptors (Lipinski definition) is 3. The molecule has 22 heavy (non-hydrogen) atoms. The lowest BCUT2D eigenvalue weighted by Crippen LogP contribution is -2.33. The molecule has 0 N–H and O–H groups in total. The SMILES string of the molecule is CC(C)c1nccn1[C@@H](C)C(=O)N(C)Cc1cccnc1Cl. The highest BCUT2D eigenvalue weighted by atomic mass is 35.5. The van der Waals surface area contributed by atoms with Crippen LogP contribution in [-0.4, -0.2) is 32.4 Å². The van der Waals surface area contributed by atoms with Crippen LogP contribution >= 0.6 is 11.6 Å². The lowest BCUT2D eigenvalue weighted by atomic mass is 10.2. The van der Waals surface area contributed by atoms with Gasteiger partial charge in [0.25, 0.3) is 0 Å². The molecule has 1 atom stereocenters. The summed E-state index contributed by atoms with van der Waals surface area (Å²) < 4.78 is 1.92. The molecule has 2 rings (SSSR count). The van der Waals surface area contributed by atoms with Gasteiger partial charge in [-0.15, -0.1) is 0 Å². The van der Waals surface area contributed by atoms with E-state index in [1.165, 1.54) is 0 Å². The van der Waals surface area contributed by atoms with E-state index < -0.39 is 0 Å². The molecular weight excluding hydrogens is 300 g/mol. The van der Waals surface area contributed by atoms with Crippen molar-refractivity contribution in [2.24, 2.45) is 0 Å². The number of rotatable bonds is 5. The van der Waals surface area contributed by atoms with Gasteiger partial charge in [-0.3, -0.25) is 4.79 Å². The second-order valence-electron chi connectivity index (χ2n) is 5.67. The van der Waals surface area contributed by atoms with Gasteiger partial charge in [-0.1, -0.05) is 31.5 Å². The fourth-order valence-electron chi connectivity index (χ4n) is 2.41. The van der Waals surface area contributed by atoms with E-state index in [1.54, 1.807) is 24.3 Å². The van der Waals surface area contributed by atoms with Gasteiger partial charge >= 0.3 is 0 Å². The van der Waals surface area contributed by atoms with Crippen molar-refractivity contribution in [3.63, 3.8) is 0 Å². The first-order chi connectivity index (χ1) is 10.4. The number of pyridine rings is 1. The summed E-state index contributed by atoms with van der Waals surface area (Å²) in [5, 5.41) is 0.431. The number of likely N-dealkylation sites (N-methyl/N-ethyl adjacent to an activating group) is 1. The Morgan fingerprint density at radius 1 is 1.32 bits per heavy atom. The van der Waals surface area contributed by atoms with E-state index in [0.29, 0.717) is 11.7 Å². The minimum absolute atomic E-state index is 0.0137. The summed E-state index contributed by atoms with van der Waals surface area (Å²) in [6, 6.07) is 3.39. The van der Waals surface area contributed by atoms with Crippen LogP contribution in [0.3, 0.4) is 0 Å². The van der Waals surface area contributed by atoms with E-state index in [1.807, 2.05) is 29.8 Å². The molecule has 0 unspecified atom stereocenters. The minimum atomic E-state index is -0.305. The number of carbonyl (C=O) groups is 1. The number of carbonyl (C=O) groups excluding carboxylic acids is 1. The molecule has 0 saturated heterocycles. The summed E-state index contributed by atoms with van der Waals surface area (Å²) in [5.41, 5.74) is 0.835. The number of hydrogen-bond donors (Lipinski definition) is 0. The van der Waals surface area contributed by atoms with E-state index in [4.69, 9.17) is 11.6 Å². The third kappa shape index (κ3) is 3.47. The van der Waals surface area contributed by atoms with Crippen LogP contribution in [-0.2, 0) is 11.3 Å². The molecule has 0 saturated carbocycles. The molecule has 0 bridgehead atoms. The Labute approximate surface area is 135 Å². The summed E-state index contributed by atoms with van der Waals surface area (Å²) in [6.07, 6.45) is 5.22. The van der Waals surface area contributed by atoms with Crippen molar-refractivity contribution in [1.29, 1.82) is 0 Å². The van der Waals surface area contributed by atoms with E-state index in [0.717, 1.165) is 11.4 Å². The lowest BCUT2D eigenvalue weighted by Gasteiger charge is -2.24. The van der Waals surface area contributed by atoms with Gasteiger partial charge < -0.3 is 9.47 Å². The van der Waals surface area contributed by atoms with Crippen LogP contribution in [0.4, 0.5) is 0 Å². The van der Waals surface area contributed by atoms with E-state index in [2.05, 4.69) is 23.8 Å². The maximum atomic E-state index is 12.6. The minimum Gasteiger partial charge on any atom is -0.340 e. The summed E-state index contributed by atoms with van der Waals surface area (Å²) in [6.45, 7) is 6.45. The molecule has 0 aliphatic carbocycles. The Morgan fingerprint density at radius 3 is 2.68 bits per heavy atom. The Bertz CT molecular complexity index is 653. The summed E-state index contributed by atoms with van der Waals surface area (Å²) in [4.78, 5) is 22.7. The molecule has 118 valence electrons. The van der Waals surface area contributed by atoms with Gasteiger partial charge in [0.1, 0.15) is 17.0 Å². The van der Waals surface area contributed by atoms with E-state index >= 15 is 0 Å². The van der Waals surface area contributed by atoms with Crippen molar-refractivity contribution in [2.75, 3.05) is 7.05 Å². The highest BCUT2D eigenvalue weighted by Gasteiger charge is 2.22. The number of halogens is 1. The Kier molecular flexibility index (Phi) is 5.19. The van der Waals surface area contributed by atoms with E-state index in [9.17, 15) is 4.79 Å². The Morgan fingerprint density at radius 2 is 2.05 bits per heavy atom. The quantitative estimate of drug-likeness (QED) is 0.794. The van der Waals surface area contributed by atoms with Crippen molar-refractivity contribution in [2.45, 2.75) is 39.3 Å². The zero-order valence-corrected chi connectivity index (χ0v) is 14.1. The Balaban J connectivity index is 2.13. The molecule has 2 aromatic rings. The number of nitrogens with zero attached hydrogens (tertiary/aromatic N) is 4. The monoisotopic (exact) mass is 320 g/mol. The third-order valence-electron chi connectivity index (χ3n) is 3.61. The summed E-state index contributed by atoms with van der Waals surface area (Å²) >= 11 is 6.05. The smallest absolute Gasteiger partial charge is 0.245 e. The van der Waals surface area contributed by atoms with Gasteiger partial charge in [-0.2, -0.15) is 0 Å². The molecule has 0 spiro atoms. The van der Waals surface area contributed by atoms with Gasteiger partial charge in [-0.25, -0.2) is 9.97 Å². The zero-order chi connectivity index (χ0) is 16.3. The number of aromatic nitrogens is 3. The molecule has 0 aromatic carbocycles. The normalized spacial score (nSPS) is 12.5. The standard InChI is InChI=1S/C16H21ClN4O/c1-11(2)15-19-8-9-21(15)12(3)16(22)20(4)10-13-6-5-7-18-14(13)17/h5-9,11-12H,10H2,1-4H3/t12-/m0/s1. The second kappa shape index (κ2) is 6.92. The average molecular weight is 321 g/mol. The molecule has 2 aromatic heterocycles. The number of amides is 1. The first-order valence-electron chi connectivity index (χ1n) is 7.29. The van der Waals surface area contributed by atoms with Crippen molar-refractivity contribution >= 4 is 17.5 Å². The van der Waals surface area contributed by atoms with Gasteiger partial charge in [0.05, 0.1) is 0 Å². The third-order valence-corrected chi connectivity index (χ3v) is 3.95. The molecule has 2 heterocycles. The van der Waals surface area contributed by atoms with Crippen LogP contribution in [0.5, 0.6) is 0 Å². The predicted octanol–water partition coefficient (Wildman–Crippen LogP) is 3.27. The summed E-state index contributed by atoms with van der Waals surface area (Å²) in [7, 11) is 1.77. The van der Waals surface area contributed by atoms with Crippen molar-refractivity contribution < 1.29 is 4.79 Å². The molecule has 0 radical (unpaired) electrons. The average Bonchev–Trinajstić information content (AvgIpc) is 2.97. The highest BCUT2D eigenvalue weighted by molar-refractivity contribution is 6.30.